The number of fused-ring (bicyclic) bond motifs is 1. The monoisotopic (exact) mass is 274 g/mol. The van der Waals surface area contributed by atoms with Crippen LogP contribution in [0.1, 0.15) is 30.6 Å². The van der Waals surface area contributed by atoms with Gasteiger partial charge in [-0.2, -0.15) is 0 Å². The number of aryl methyl sites for hydroxylation is 1. The van der Waals surface area contributed by atoms with Crippen molar-refractivity contribution < 1.29 is 9.90 Å². The van der Waals surface area contributed by atoms with E-state index in [1.807, 2.05) is 13.8 Å². The van der Waals surface area contributed by atoms with Gasteiger partial charge in [-0.15, -0.1) is 0 Å². The number of carbonyl (C=O) groups excluding carboxylic acids is 1. The number of para-hydroxylation sites is 1. The Morgan fingerprint density at radius 2 is 2.05 bits per heavy atom. The number of amides is 1. The highest BCUT2D eigenvalue weighted by atomic mass is 16.3. The molecule has 5 nitrogen and oxygen atoms in total. The van der Waals surface area contributed by atoms with Gasteiger partial charge in [-0.1, -0.05) is 19.1 Å². The molecule has 2 rings (SSSR count). The molecule has 0 fully saturated rings. The summed E-state index contributed by atoms with van der Waals surface area (Å²) in [6.07, 6.45) is 0.750. The Hall–Kier alpha value is -2.30. The molecule has 1 aromatic heterocycles. The molecule has 0 aliphatic heterocycles. The number of rotatable bonds is 3. The Balaban J connectivity index is 2.65. The van der Waals surface area contributed by atoms with Gasteiger partial charge < -0.3 is 15.0 Å². The maximum absolute atomic E-state index is 12.3. The van der Waals surface area contributed by atoms with Crippen molar-refractivity contribution in [2.24, 2.45) is 7.05 Å². The first-order valence-electron chi connectivity index (χ1n) is 6.59. The van der Waals surface area contributed by atoms with Gasteiger partial charge in [0.25, 0.3) is 11.5 Å². The summed E-state index contributed by atoms with van der Waals surface area (Å²) in [4.78, 5) is 24.4. The van der Waals surface area contributed by atoms with Crippen LogP contribution in [0.4, 0.5) is 0 Å². The second-order valence-electron chi connectivity index (χ2n) is 4.89. The van der Waals surface area contributed by atoms with E-state index in [2.05, 4.69) is 5.32 Å². The van der Waals surface area contributed by atoms with Crippen molar-refractivity contribution in [3.63, 3.8) is 0 Å². The lowest BCUT2D eigenvalue weighted by Crippen LogP contribution is -2.37. The van der Waals surface area contributed by atoms with Gasteiger partial charge in [0, 0.05) is 18.5 Å². The number of aromatic nitrogens is 1. The molecule has 1 aromatic carbocycles. The van der Waals surface area contributed by atoms with E-state index in [0.29, 0.717) is 10.9 Å². The zero-order chi connectivity index (χ0) is 14.9. The van der Waals surface area contributed by atoms with E-state index in [1.54, 1.807) is 31.3 Å². The predicted molar refractivity (Wildman–Crippen MR) is 78.1 cm³/mol. The molecule has 2 aromatic rings. The number of hydrogen-bond donors (Lipinski definition) is 2. The average Bonchev–Trinajstić information content (AvgIpc) is 2.45. The van der Waals surface area contributed by atoms with E-state index < -0.39 is 11.5 Å². The van der Waals surface area contributed by atoms with Gasteiger partial charge in [-0.25, -0.2) is 0 Å². The molecule has 5 heteroatoms. The Labute approximate surface area is 116 Å². The van der Waals surface area contributed by atoms with Crippen LogP contribution < -0.4 is 10.9 Å². The van der Waals surface area contributed by atoms with Crippen LogP contribution >= 0.6 is 0 Å². The third-order valence-corrected chi connectivity index (χ3v) is 3.49. The maximum Gasteiger partial charge on any atom is 0.267 e. The van der Waals surface area contributed by atoms with Crippen molar-refractivity contribution in [3.8, 4) is 5.75 Å². The van der Waals surface area contributed by atoms with Crippen molar-refractivity contribution >= 4 is 16.8 Å². The highest BCUT2D eigenvalue weighted by molar-refractivity contribution is 6.02. The predicted octanol–water partition coefficient (Wildman–Crippen LogP) is 1.77. The van der Waals surface area contributed by atoms with E-state index in [0.717, 1.165) is 6.42 Å². The highest BCUT2D eigenvalue weighted by Crippen LogP contribution is 2.25. The zero-order valence-corrected chi connectivity index (χ0v) is 11.8. The summed E-state index contributed by atoms with van der Waals surface area (Å²) in [5.41, 5.74) is -0.108. The summed E-state index contributed by atoms with van der Waals surface area (Å²) >= 11 is 0. The lowest BCUT2D eigenvalue weighted by molar-refractivity contribution is 0.0935. The van der Waals surface area contributed by atoms with Crippen LogP contribution in [0.25, 0.3) is 10.9 Å². The SMILES string of the molecule is CCC(C)NC(=O)c1c(O)c2ccccc2n(C)c1=O. The topological polar surface area (TPSA) is 71.3 Å². The number of hydrogen-bond acceptors (Lipinski definition) is 3. The molecule has 0 aliphatic carbocycles. The van der Waals surface area contributed by atoms with Gasteiger partial charge in [-0.05, 0) is 25.5 Å². The fourth-order valence-corrected chi connectivity index (χ4v) is 2.08. The van der Waals surface area contributed by atoms with Crippen LogP contribution in [-0.4, -0.2) is 21.6 Å². The van der Waals surface area contributed by atoms with Crippen LogP contribution in [0.5, 0.6) is 5.75 Å². The second kappa shape index (κ2) is 5.36. The summed E-state index contributed by atoms with van der Waals surface area (Å²) in [5, 5.41) is 13.4. The number of nitrogens with one attached hydrogen (secondary N) is 1. The summed E-state index contributed by atoms with van der Waals surface area (Å²) in [6, 6.07) is 6.89. The van der Waals surface area contributed by atoms with Crippen molar-refractivity contribution in [1.82, 2.24) is 9.88 Å². The Kier molecular flexibility index (Phi) is 3.79. The van der Waals surface area contributed by atoms with E-state index in [4.69, 9.17) is 0 Å². The molecule has 0 spiro atoms. The first-order chi connectivity index (χ1) is 9.47. The van der Waals surface area contributed by atoms with Gasteiger partial charge in [0.2, 0.25) is 0 Å². The minimum atomic E-state index is -0.539. The third kappa shape index (κ3) is 2.27. The molecule has 0 bridgehead atoms. The van der Waals surface area contributed by atoms with Gasteiger partial charge in [0.15, 0.2) is 0 Å². The fraction of sp³-hybridized carbons (Fsp3) is 0.333. The third-order valence-electron chi connectivity index (χ3n) is 3.49. The first kappa shape index (κ1) is 14.1. The largest absolute Gasteiger partial charge is 0.506 e. The molecular weight excluding hydrogens is 256 g/mol. The maximum atomic E-state index is 12.3. The lowest BCUT2D eigenvalue weighted by Gasteiger charge is -2.14. The summed E-state index contributed by atoms with van der Waals surface area (Å²) in [6.45, 7) is 3.78. The molecule has 2 N–H and O–H groups in total. The molecule has 0 radical (unpaired) electrons. The number of nitrogens with zero attached hydrogens (tertiary/aromatic N) is 1. The van der Waals surface area contributed by atoms with E-state index in [1.165, 1.54) is 4.57 Å². The van der Waals surface area contributed by atoms with E-state index in [9.17, 15) is 14.7 Å². The molecule has 20 heavy (non-hydrogen) atoms. The minimum absolute atomic E-state index is 0.0573. The average molecular weight is 274 g/mol. The van der Waals surface area contributed by atoms with Gasteiger partial charge in [0.05, 0.1) is 5.52 Å². The first-order valence-corrected chi connectivity index (χ1v) is 6.59. The van der Waals surface area contributed by atoms with Crippen molar-refractivity contribution in [1.29, 1.82) is 0 Å². The van der Waals surface area contributed by atoms with Crippen molar-refractivity contribution in [2.45, 2.75) is 26.3 Å². The minimum Gasteiger partial charge on any atom is -0.506 e. The van der Waals surface area contributed by atoms with E-state index >= 15 is 0 Å². The molecule has 1 heterocycles. The van der Waals surface area contributed by atoms with Gasteiger partial charge in [0.1, 0.15) is 11.3 Å². The number of aromatic hydroxyl groups is 1. The quantitative estimate of drug-likeness (QED) is 0.896. The summed E-state index contributed by atoms with van der Waals surface area (Å²) in [7, 11) is 1.59. The Morgan fingerprint density at radius 1 is 1.40 bits per heavy atom. The fourth-order valence-electron chi connectivity index (χ4n) is 2.08. The normalized spacial score (nSPS) is 12.3. The summed E-state index contributed by atoms with van der Waals surface area (Å²) < 4.78 is 1.38. The number of pyridine rings is 1. The highest BCUT2D eigenvalue weighted by Gasteiger charge is 2.21. The van der Waals surface area contributed by atoms with Crippen LogP contribution in [0.3, 0.4) is 0 Å². The number of carbonyl (C=O) groups is 1. The molecule has 0 aliphatic rings. The zero-order valence-electron chi connectivity index (χ0n) is 11.8. The molecule has 106 valence electrons. The molecule has 1 amide bonds. The molecule has 1 unspecified atom stereocenters. The van der Waals surface area contributed by atoms with Crippen LogP contribution in [0.2, 0.25) is 0 Å². The van der Waals surface area contributed by atoms with E-state index in [-0.39, 0.29) is 17.4 Å². The van der Waals surface area contributed by atoms with Crippen LogP contribution in [-0.2, 0) is 7.05 Å². The number of benzene rings is 1. The Morgan fingerprint density at radius 3 is 2.70 bits per heavy atom. The van der Waals surface area contributed by atoms with Gasteiger partial charge >= 0.3 is 0 Å². The standard InChI is InChI=1S/C15H18N2O3/c1-4-9(2)16-14(19)12-13(18)10-7-5-6-8-11(10)17(3)15(12)20/h5-9,18H,4H2,1-3H3,(H,16,19). The van der Waals surface area contributed by atoms with Crippen molar-refractivity contribution in [2.75, 3.05) is 0 Å². The van der Waals surface area contributed by atoms with Gasteiger partial charge in [-0.3, -0.25) is 9.59 Å². The molecule has 1 atom stereocenters. The molecular formula is C15H18N2O3. The van der Waals surface area contributed by atoms with Crippen LogP contribution in [0, 0.1) is 0 Å². The van der Waals surface area contributed by atoms with Crippen molar-refractivity contribution in [3.05, 3.63) is 40.2 Å². The summed E-state index contributed by atoms with van der Waals surface area (Å²) in [5.74, 6) is -0.798. The lowest BCUT2D eigenvalue weighted by atomic mass is 10.1. The second-order valence-corrected chi connectivity index (χ2v) is 4.89. The Bertz CT molecular complexity index is 719. The van der Waals surface area contributed by atoms with Crippen LogP contribution in [0.15, 0.2) is 29.1 Å². The smallest absolute Gasteiger partial charge is 0.267 e. The molecule has 0 saturated heterocycles. The molecule has 0 saturated carbocycles.